The Labute approximate surface area is 116 Å². The van der Waals surface area contributed by atoms with Crippen LogP contribution in [0.15, 0.2) is 60.7 Å². The summed E-state index contributed by atoms with van der Waals surface area (Å²) in [5.41, 5.74) is 7.88. The number of aromatic amines is 1. The number of hydrogen-bond acceptors (Lipinski definition) is 2. The van der Waals surface area contributed by atoms with Crippen LogP contribution in [-0.4, -0.2) is 17.2 Å². The van der Waals surface area contributed by atoms with Gasteiger partial charge in [0.2, 0.25) is 6.29 Å². The monoisotopic (exact) mass is 266 g/mol. The maximum Gasteiger partial charge on any atom is 0.281 e. The number of H-pyrrole nitrogens is 1. The van der Waals surface area contributed by atoms with Crippen molar-refractivity contribution >= 4 is 23.1 Å². The van der Waals surface area contributed by atoms with Crippen molar-refractivity contribution in [2.75, 3.05) is 0 Å². The number of nitrogens with two attached hydrogens (primary N) is 1. The molecule has 4 heteroatoms. The zero-order chi connectivity index (χ0) is 14.4. The molecule has 0 bridgehead atoms. The molecule has 0 aliphatic heterocycles. The molecule has 1 heterocycles. The SMILES string of the molecule is NC(=O)C=O.c1ccc(-c2cc3ccccc3[nH]2)cc1. The predicted molar refractivity (Wildman–Crippen MR) is 79.0 cm³/mol. The molecule has 100 valence electrons. The number of carbonyl (C=O) groups is 2. The maximum atomic E-state index is 9.22. The first-order chi connectivity index (χ1) is 9.70. The third-order valence-corrected chi connectivity index (χ3v) is 2.73. The van der Waals surface area contributed by atoms with Crippen molar-refractivity contribution in [2.24, 2.45) is 5.73 Å². The van der Waals surface area contributed by atoms with Gasteiger partial charge in [-0.1, -0.05) is 48.5 Å². The Hall–Kier alpha value is -2.88. The molecule has 0 unspecified atom stereocenters. The molecule has 1 amide bonds. The van der Waals surface area contributed by atoms with Crippen molar-refractivity contribution in [1.29, 1.82) is 0 Å². The third-order valence-electron chi connectivity index (χ3n) is 2.73. The van der Waals surface area contributed by atoms with Gasteiger partial charge in [-0.05, 0) is 17.7 Å². The van der Waals surface area contributed by atoms with Gasteiger partial charge in [-0.3, -0.25) is 9.59 Å². The number of rotatable bonds is 2. The molecule has 3 rings (SSSR count). The smallest absolute Gasteiger partial charge is 0.281 e. The average molecular weight is 266 g/mol. The number of aldehydes is 1. The van der Waals surface area contributed by atoms with Crippen LogP contribution in [0.5, 0.6) is 0 Å². The number of hydrogen-bond donors (Lipinski definition) is 2. The van der Waals surface area contributed by atoms with Crippen molar-refractivity contribution in [1.82, 2.24) is 4.98 Å². The summed E-state index contributed by atoms with van der Waals surface area (Å²) in [4.78, 5) is 21.7. The largest absolute Gasteiger partial charge is 0.363 e. The van der Waals surface area contributed by atoms with E-state index in [-0.39, 0.29) is 6.29 Å². The number of fused-ring (bicyclic) bond motifs is 1. The van der Waals surface area contributed by atoms with Gasteiger partial charge >= 0.3 is 0 Å². The van der Waals surface area contributed by atoms with E-state index in [1.54, 1.807) is 0 Å². The molecule has 0 atom stereocenters. The molecule has 0 saturated heterocycles. The van der Waals surface area contributed by atoms with Gasteiger partial charge in [0.15, 0.2) is 0 Å². The minimum Gasteiger partial charge on any atom is -0.363 e. The van der Waals surface area contributed by atoms with E-state index in [2.05, 4.69) is 59.2 Å². The lowest BCUT2D eigenvalue weighted by atomic mass is 10.1. The molecule has 0 saturated carbocycles. The minimum absolute atomic E-state index is 0.0556. The lowest BCUT2D eigenvalue weighted by Crippen LogP contribution is -2.10. The van der Waals surface area contributed by atoms with E-state index < -0.39 is 5.91 Å². The van der Waals surface area contributed by atoms with Gasteiger partial charge < -0.3 is 10.7 Å². The Bertz CT molecular complexity index is 684. The fraction of sp³-hybridized carbons (Fsp3) is 0. The zero-order valence-corrected chi connectivity index (χ0v) is 10.7. The first-order valence-electron chi connectivity index (χ1n) is 6.08. The molecule has 2 aromatic carbocycles. The number of aromatic nitrogens is 1. The molecule has 0 aliphatic rings. The maximum absolute atomic E-state index is 9.22. The normalized spacial score (nSPS) is 9.60. The van der Waals surface area contributed by atoms with Crippen LogP contribution < -0.4 is 5.73 Å². The van der Waals surface area contributed by atoms with Crippen LogP contribution in [0.1, 0.15) is 0 Å². The van der Waals surface area contributed by atoms with Crippen LogP contribution in [0.25, 0.3) is 22.2 Å². The van der Waals surface area contributed by atoms with Gasteiger partial charge in [0, 0.05) is 16.6 Å². The van der Waals surface area contributed by atoms with Gasteiger partial charge in [0.05, 0.1) is 0 Å². The summed E-state index contributed by atoms with van der Waals surface area (Å²) in [6, 6.07) is 20.9. The third kappa shape index (κ3) is 3.32. The van der Waals surface area contributed by atoms with Gasteiger partial charge in [0.1, 0.15) is 0 Å². The van der Waals surface area contributed by atoms with Crippen molar-refractivity contribution < 1.29 is 9.59 Å². The van der Waals surface area contributed by atoms with Crippen LogP contribution in [0.3, 0.4) is 0 Å². The fourth-order valence-corrected chi connectivity index (χ4v) is 1.85. The highest BCUT2D eigenvalue weighted by Crippen LogP contribution is 2.23. The summed E-state index contributed by atoms with van der Waals surface area (Å²) in [7, 11) is 0. The van der Waals surface area contributed by atoms with Crippen LogP contribution in [-0.2, 0) is 9.59 Å². The molecule has 20 heavy (non-hydrogen) atoms. The summed E-state index contributed by atoms with van der Waals surface area (Å²) in [6.07, 6.45) is 0.0556. The molecule has 0 radical (unpaired) electrons. The first kappa shape index (κ1) is 13.5. The lowest BCUT2D eigenvalue weighted by Gasteiger charge is -1.94. The predicted octanol–water partition coefficient (Wildman–Crippen LogP) is 2.51. The molecular weight excluding hydrogens is 252 g/mol. The van der Waals surface area contributed by atoms with E-state index in [4.69, 9.17) is 4.79 Å². The van der Waals surface area contributed by atoms with E-state index in [1.807, 2.05) is 12.1 Å². The second-order valence-corrected chi connectivity index (χ2v) is 4.16. The average Bonchev–Trinajstić information content (AvgIpc) is 2.92. The fourth-order valence-electron chi connectivity index (χ4n) is 1.85. The molecule has 4 nitrogen and oxygen atoms in total. The molecule has 3 N–H and O–H groups in total. The highest BCUT2D eigenvalue weighted by atomic mass is 16.2. The Morgan fingerprint density at radius 1 is 1.00 bits per heavy atom. The molecule has 3 aromatic rings. The standard InChI is InChI=1S/C14H11N.C2H3NO2/c1-2-6-11(7-3-1)14-10-12-8-4-5-9-13(12)15-14;3-2(5)1-4/h1-10,15H;1H,(H2,3,5). The first-order valence-corrected chi connectivity index (χ1v) is 6.08. The van der Waals surface area contributed by atoms with Crippen LogP contribution in [0.4, 0.5) is 0 Å². The van der Waals surface area contributed by atoms with E-state index in [1.165, 1.54) is 22.2 Å². The van der Waals surface area contributed by atoms with E-state index in [0.29, 0.717) is 0 Å². The number of amides is 1. The summed E-state index contributed by atoms with van der Waals surface area (Å²) >= 11 is 0. The molecule has 0 fully saturated rings. The number of carbonyl (C=O) groups excluding carboxylic acids is 2. The quantitative estimate of drug-likeness (QED) is 0.552. The molecular formula is C16H14N2O2. The second-order valence-electron chi connectivity index (χ2n) is 4.16. The van der Waals surface area contributed by atoms with Crippen LogP contribution in [0.2, 0.25) is 0 Å². The Kier molecular flexibility index (Phi) is 4.29. The number of nitrogens with one attached hydrogen (secondary N) is 1. The van der Waals surface area contributed by atoms with E-state index in [9.17, 15) is 4.79 Å². The van der Waals surface area contributed by atoms with E-state index >= 15 is 0 Å². The summed E-state index contributed by atoms with van der Waals surface area (Å²) in [6.45, 7) is 0. The van der Waals surface area contributed by atoms with Crippen LogP contribution >= 0.6 is 0 Å². The van der Waals surface area contributed by atoms with Crippen LogP contribution in [0, 0.1) is 0 Å². The zero-order valence-electron chi connectivity index (χ0n) is 10.7. The minimum atomic E-state index is -0.926. The molecule has 0 aliphatic carbocycles. The van der Waals surface area contributed by atoms with Crippen molar-refractivity contribution in [3.8, 4) is 11.3 Å². The van der Waals surface area contributed by atoms with Gasteiger partial charge in [-0.25, -0.2) is 0 Å². The number of benzene rings is 2. The Morgan fingerprint density at radius 2 is 1.60 bits per heavy atom. The van der Waals surface area contributed by atoms with E-state index in [0.717, 1.165) is 0 Å². The molecule has 0 spiro atoms. The van der Waals surface area contributed by atoms with Crippen molar-refractivity contribution in [2.45, 2.75) is 0 Å². The van der Waals surface area contributed by atoms with Gasteiger partial charge in [0.25, 0.3) is 5.91 Å². The second kappa shape index (κ2) is 6.33. The Balaban J connectivity index is 0.000000257. The number of primary amides is 1. The van der Waals surface area contributed by atoms with Gasteiger partial charge in [-0.15, -0.1) is 0 Å². The van der Waals surface area contributed by atoms with Crippen molar-refractivity contribution in [3.05, 3.63) is 60.7 Å². The topological polar surface area (TPSA) is 76.0 Å². The van der Waals surface area contributed by atoms with Gasteiger partial charge in [-0.2, -0.15) is 0 Å². The highest BCUT2D eigenvalue weighted by molar-refractivity contribution is 6.22. The molecule has 1 aromatic heterocycles. The highest BCUT2D eigenvalue weighted by Gasteiger charge is 2.00. The number of para-hydroxylation sites is 1. The van der Waals surface area contributed by atoms with Crippen molar-refractivity contribution in [3.63, 3.8) is 0 Å². The summed E-state index contributed by atoms with van der Waals surface area (Å²) in [5.74, 6) is -0.926. The summed E-state index contributed by atoms with van der Waals surface area (Å²) in [5, 5.41) is 1.26. The summed E-state index contributed by atoms with van der Waals surface area (Å²) < 4.78 is 0. The lowest BCUT2D eigenvalue weighted by molar-refractivity contribution is -0.129. The Morgan fingerprint density at radius 3 is 2.20 bits per heavy atom.